The van der Waals surface area contributed by atoms with Gasteiger partial charge in [-0.1, -0.05) is 0 Å². The van der Waals surface area contributed by atoms with Crippen molar-refractivity contribution >= 4 is 16.9 Å². The molecule has 0 aliphatic heterocycles. The number of anilines is 1. The molecule has 3 aromatic rings. The molecule has 3 rings (SSSR count). The molecule has 2 heterocycles. The van der Waals surface area contributed by atoms with E-state index < -0.39 is 11.6 Å². The average Bonchev–Trinajstić information content (AvgIpc) is 2.82. The Bertz CT molecular complexity index is 753. The first-order chi connectivity index (χ1) is 9.20. The molecule has 0 saturated carbocycles. The van der Waals surface area contributed by atoms with Crippen LogP contribution in [-0.4, -0.2) is 26.8 Å². The van der Waals surface area contributed by atoms with Gasteiger partial charge >= 0.3 is 0 Å². The van der Waals surface area contributed by atoms with Gasteiger partial charge in [0.1, 0.15) is 23.6 Å². The van der Waals surface area contributed by atoms with Crippen LogP contribution in [0.15, 0.2) is 30.7 Å². The van der Waals surface area contributed by atoms with Crippen LogP contribution in [0.5, 0.6) is 0 Å². The molecule has 0 aliphatic rings. The van der Waals surface area contributed by atoms with Gasteiger partial charge in [0, 0.05) is 13.1 Å². The molecule has 0 aliphatic carbocycles. The van der Waals surface area contributed by atoms with Gasteiger partial charge in [-0.2, -0.15) is 5.10 Å². The lowest BCUT2D eigenvalue weighted by molar-refractivity contribution is 0.574. The summed E-state index contributed by atoms with van der Waals surface area (Å²) < 4.78 is 28.0. The van der Waals surface area contributed by atoms with Crippen molar-refractivity contribution in [2.24, 2.45) is 0 Å². The molecule has 0 saturated heterocycles. The Morgan fingerprint density at radius 2 is 2.05 bits per heavy atom. The fraction of sp³-hybridized carbons (Fsp3) is 0.0833. The highest BCUT2D eigenvalue weighted by Crippen LogP contribution is 2.22. The maximum atomic E-state index is 13.8. The molecular weight excluding hydrogens is 252 g/mol. The molecule has 0 fully saturated rings. The molecule has 5 nitrogen and oxygen atoms in total. The van der Waals surface area contributed by atoms with Gasteiger partial charge < -0.3 is 5.32 Å². The SMILES string of the molecule is CNc1ncnc2c1cnn2-c1ccc(F)cc1F. The standard InChI is InChI=1S/C12H9F2N5/c1-15-11-8-5-18-19(12(8)17-6-16-11)10-3-2-7(13)4-9(10)14/h2-6H,1H3,(H,15,16,17). The van der Waals surface area contributed by atoms with Gasteiger partial charge in [-0.25, -0.2) is 23.4 Å². The smallest absolute Gasteiger partial charge is 0.168 e. The topological polar surface area (TPSA) is 55.6 Å². The summed E-state index contributed by atoms with van der Waals surface area (Å²) in [5.41, 5.74) is 0.585. The van der Waals surface area contributed by atoms with Gasteiger partial charge in [-0.3, -0.25) is 0 Å². The summed E-state index contributed by atoms with van der Waals surface area (Å²) in [5, 5.41) is 7.64. The highest BCUT2D eigenvalue weighted by molar-refractivity contribution is 5.86. The minimum atomic E-state index is -0.699. The highest BCUT2D eigenvalue weighted by Gasteiger charge is 2.13. The summed E-state index contributed by atoms with van der Waals surface area (Å²) >= 11 is 0. The van der Waals surface area contributed by atoms with Gasteiger partial charge in [-0.15, -0.1) is 0 Å². The predicted octanol–water partition coefficient (Wildman–Crippen LogP) is 2.14. The second kappa shape index (κ2) is 4.27. The van der Waals surface area contributed by atoms with Gasteiger partial charge in [0.15, 0.2) is 11.5 Å². The molecule has 0 bridgehead atoms. The number of hydrogen-bond donors (Lipinski definition) is 1. The Morgan fingerprint density at radius 3 is 2.79 bits per heavy atom. The fourth-order valence-corrected chi connectivity index (χ4v) is 1.87. The van der Waals surface area contributed by atoms with Crippen LogP contribution in [0.25, 0.3) is 16.7 Å². The second-order valence-electron chi connectivity index (χ2n) is 3.86. The third-order valence-electron chi connectivity index (χ3n) is 2.74. The van der Waals surface area contributed by atoms with Crippen molar-refractivity contribution in [1.29, 1.82) is 0 Å². The highest BCUT2D eigenvalue weighted by atomic mass is 19.1. The van der Waals surface area contributed by atoms with Gasteiger partial charge in [0.05, 0.1) is 11.6 Å². The van der Waals surface area contributed by atoms with Crippen LogP contribution in [0.1, 0.15) is 0 Å². The number of halogens is 2. The number of nitrogens with one attached hydrogen (secondary N) is 1. The van der Waals surface area contributed by atoms with Gasteiger partial charge in [0.25, 0.3) is 0 Å². The molecule has 0 atom stereocenters. The first-order valence-corrected chi connectivity index (χ1v) is 5.52. The van der Waals surface area contributed by atoms with E-state index >= 15 is 0 Å². The summed E-state index contributed by atoms with van der Waals surface area (Å²) in [6, 6.07) is 3.30. The molecule has 96 valence electrons. The zero-order valence-corrected chi connectivity index (χ0v) is 9.93. The van der Waals surface area contributed by atoms with E-state index in [-0.39, 0.29) is 5.69 Å². The number of benzene rings is 1. The van der Waals surface area contributed by atoms with Crippen molar-refractivity contribution in [1.82, 2.24) is 19.7 Å². The molecule has 7 heteroatoms. The molecule has 1 aromatic carbocycles. The lowest BCUT2D eigenvalue weighted by Crippen LogP contribution is -2.02. The minimum absolute atomic E-state index is 0.136. The molecular formula is C12H9F2N5. The third kappa shape index (κ3) is 1.79. The first-order valence-electron chi connectivity index (χ1n) is 5.52. The van der Waals surface area contributed by atoms with Crippen LogP contribution >= 0.6 is 0 Å². The molecule has 0 amide bonds. The van der Waals surface area contributed by atoms with E-state index in [1.807, 2.05) is 0 Å². The van der Waals surface area contributed by atoms with Crippen LogP contribution in [0.3, 0.4) is 0 Å². The average molecular weight is 261 g/mol. The zero-order valence-electron chi connectivity index (χ0n) is 9.93. The zero-order chi connectivity index (χ0) is 13.4. The number of fused-ring (bicyclic) bond motifs is 1. The van der Waals surface area contributed by atoms with E-state index in [1.165, 1.54) is 29.3 Å². The van der Waals surface area contributed by atoms with Gasteiger partial charge in [-0.05, 0) is 12.1 Å². The van der Waals surface area contributed by atoms with Crippen molar-refractivity contribution in [2.75, 3.05) is 12.4 Å². The van der Waals surface area contributed by atoms with Crippen LogP contribution in [0, 0.1) is 11.6 Å². The van der Waals surface area contributed by atoms with Gasteiger partial charge in [0.2, 0.25) is 0 Å². The Morgan fingerprint density at radius 1 is 1.21 bits per heavy atom. The van der Waals surface area contributed by atoms with E-state index in [4.69, 9.17) is 0 Å². The summed E-state index contributed by atoms with van der Waals surface area (Å²) in [5.74, 6) is -0.739. The van der Waals surface area contributed by atoms with Crippen molar-refractivity contribution in [2.45, 2.75) is 0 Å². The number of rotatable bonds is 2. The van der Waals surface area contributed by atoms with Crippen LogP contribution in [0.4, 0.5) is 14.6 Å². The minimum Gasteiger partial charge on any atom is -0.372 e. The Balaban J connectivity index is 2.26. The Labute approximate surface area is 106 Å². The molecule has 0 spiro atoms. The predicted molar refractivity (Wildman–Crippen MR) is 66.1 cm³/mol. The largest absolute Gasteiger partial charge is 0.372 e. The third-order valence-corrected chi connectivity index (χ3v) is 2.74. The van der Waals surface area contributed by atoms with E-state index in [2.05, 4.69) is 20.4 Å². The second-order valence-corrected chi connectivity index (χ2v) is 3.86. The number of nitrogens with zero attached hydrogens (tertiary/aromatic N) is 4. The summed E-state index contributed by atoms with van der Waals surface area (Å²) in [6.07, 6.45) is 2.89. The lowest BCUT2D eigenvalue weighted by atomic mass is 10.3. The summed E-state index contributed by atoms with van der Waals surface area (Å²) in [7, 11) is 1.72. The number of aromatic nitrogens is 4. The van der Waals surface area contributed by atoms with Crippen molar-refractivity contribution in [3.63, 3.8) is 0 Å². The van der Waals surface area contributed by atoms with Crippen molar-refractivity contribution < 1.29 is 8.78 Å². The quantitative estimate of drug-likeness (QED) is 0.767. The van der Waals surface area contributed by atoms with E-state index in [9.17, 15) is 8.78 Å². The Hall–Kier alpha value is -2.57. The molecule has 0 radical (unpaired) electrons. The monoisotopic (exact) mass is 261 g/mol. The molecule has 1 N–H and O–H groups in total. The van der Waals surface area contributed by atoms with E-state index in [0.29, 0.717) is 16.9 Å². The van der Waals surface area contributed by atoms with E-state index in [1.54, 1.807) is 7.05 Å². The molecule has 19 heavy (non-hydrogen) atoms. The maximum Gasteiger partial charge on any atom is 0.168 e. The summed E-state index contributed by atoms with van der Waals surface area (Å²) in [6.45, 7) is 0. The Kier molecular flexibility index (Phi) is 2.59. The first kappa shape index (κ1) is 11.5. The van der Waals surface area contributed by atoms with Crippen LogP contribution in [-0.2, 0) is 0 Å². The number of hydrogen-bond acceptors (Lipinski definition) is 4. The molecule has 2 aromatic heterocycles. The summed E-state index contributed by atoms with van der Waals surface area (Å²) in [4.78, 5) is 8.12. The fourth-order valence-electron chi connectivity index (χ4n) is 1.87. The normalized spacial score (nSPS) is 10.9. The van der Waals surface area contributed by atoms with Crippen molar-refractivity contribution in [3.8, 4) is 5.69 Å². The lowest BCUT2D eigenvalue weighted by Gasteiger charge is -2.05. The van der Waals surface area contributed by atoms with Crippen LogP contribution < -0.4 is 5.32 Å². The van der Waals surface area contributed by atoms with Crippen LogP contribution in [0.2, 0.25) is 0 Å². The van der Waals surface area contributed by atoms with Crippen molar-refractivity contribution in [3.05, 3.63) is 42.4 Å². The molecule has 0 unspecified atom stereocenters. The van der Waals surface area contributed by atoms with E-state index in [0.717, 1.165) is 6.07 Å². The maximum absolute atomic E-state index is 13.8.